The third-order valence-corrected chi connectivity index (χ3v) is 4.62. The van der Waals surface area contributed by atoms with Crippen LogP contribution in [0.25, 0.3) is 0 Å². The molecule has 2 aliphatic rings. The molecule has 120 valence electrons. The van der Waals surface area contributed by atoms with E-state index in [0.717, 1.165) is 13.2 Å². The Hall–Kier alpha value is -0.120. The van der Waals surface area contributed by atoms with Crippen molar-refractivity contribution in [1.82, 2.24) is 9.80 Å². The van der Waals surface area contributed by atoms with Gasteiger partial charge >= 0.3 is 0 Å². The van der Waals surface area contributed by atoms with Gasteiger partial charge in [-0.1, -0.05) is 40.5 Å². The molecule has 0 N–H and O–H groups in total. The Balaban J connectivity index is 0.000000956. The van der Waals surface area contributed by atoms with Gasteiger partial charge < -0.3 is 9.64 Å². The van der Waals surface area contributed by atoms with Crippen molar-refractivity contribution >= 4 is 0 Å². The maximum absolute atomic E-state index is 6.17. The van der Waals surface area contributed by atoms with Gasteiger partial charge in [0.05, 0.1) is 12.2 Å². The van der Waals surface area contributed by atoms with Gasteiger partial charge in [-0.2, -0.15) is 0 Å². The van der Waals surface area contributed by atoms with Crippen LogP contribution in [0.3, 0.4) is 0 Å². The van der Waals surface area contributed by atoms with Crippen LogP contribution in [0.15, 0.2) is 0 Å². The van der Waals surface area contributed by atoms with Crippen LogP contribution in [0.1, 0.15) is 59.8 Å². The first-order valence-electron chi connectivity index (χ1n) is 8.87. The van der Waals surface area contributed by atoms with E-state index in [1.165, 1.54) is 64.8 Å². The van der Waals surface area contributed by atoms with Gasteiger partial charge in [-0.05, 0) is 32.4 Å². The van der Waals surface area contributed by atoms with Crippen LogP contribution in [-0.2, 0) is 4.74 Å². The van der Waals surface area contributed by atoms with Crippen molar-refractivity contribution in [3.63, 3.8) is 0 Å². The summed E-state index contributed by atoms with van der Waals surface area (Å²) >= 11 is 0. The lowest BCUT2D eigenvalue weighted by atomic mass is 9.89. The highest BCUT2D eigenvalue weighted by molar-refractivity contribution is 4.92. The summed E-state index contributed by atoms with van der Waals surface area (Å²) in [7, 11) is 0. The highest BCUT2D eigenvalue weighted by Crippen LogP contribution is 2.30. The summed E-state index contributed by atoms with van der Waals surface area (Å²) in [5.41, 5.74) is 0.191. The van der Waals surface area contributed by atoms with Gasteiger partial charge in [0.2, 0.25) is 0 Å². The van der Waals surface area contributed by atoms with Crippen LogP contribution in [0.2, 0.25) is 0 Å². The summed E-state index contributed by atoms with van der Waals surface area (Å²) in [5.74, 6) is 0. The smallest absolute Gasteiger partial charge is 0.0833 e. The van der Waals surface area contributed by atoms with Crippen molar-refractivity contribution in [2.24, 2.45) is 0 Å². The fourth-order valence-electron chi connectivity index (χ4n) is 3.28. The van der Waals surface area contributed by atoms with E-state index in [1.807, 2.05) is 13.8 Å². The highest BCUT2D eigenvalue weighted by Gasteiger charge is 2.38. The predicted octanol–water partition coefficient (Wildman–Crippen LogP) is 3.39. The molecule has 2 fully saturated rings. The molecule has 2 rings (SSSR count). The first-order chi connectivity index (χ1) is 9.78. The molecule has 3 nitrogen and oxygen atoms in total. The molecule has 0 radical (unpaired) electrons. The number of likely N-dealkylation sites (tertiary alicyclic amines) is 1. The summed E-state index contributed by atoms with van der Waals surface area (Å²) in [4.78, 5) is 5.19. The van der Waals surface area contributed by atoms with E-state index in [-0.39, 0.29) is 5.60 Å². The van der Waals surface area contributed by atoms with E-state index >= 15 is 0 Å². The summed E-state index contributed by atoms with van der Waals surface area (Å²) in [6.45, 7) is 16.7. The lowest BCUT2D eigenvalue weighted by Crippen LogP contribution is -2.56. The topological polar surface area (TPSA) is 15.7 Å². The minimum atomic E-state index is 0.191. The number of piperidine rings is 1. The Morgan fingerprint density at radius 2 is 1.65 bits per heavy atom. The average molecular weight is 284 g/mol. The number of unbranched alkanes of at least 4 members (excludes halogenated alkanes) is 2. The first kappa shape index (κ1) is 17.9. The minimum absolute atomic E-state index is 0.191. The van der Waals surface area contributed by atoms with Gasteiger partial charge in [-0.25, -0.2) is 0 Å². The number of ether oxygens (including phenoxy) is 1. The van der Waals surface area contributed by atoms with Crippen LogP contribution >= 0.6 is 0 Å². The summed E-state index contributed by atoms with van der Waals surface area (Å²) in [6.07, 6.45) is 6.50. The molecule has 0 unspecified atom stereocenters. The Labute approximate surface area is 126 Å². The predicted molar refractivity (Wildman–Crippen MR) is 87.3 cm³/mol. The van der Waals surface area contributed by atoms with Gasteiger partial charge in [0.15, 0.2) is 0 Å². The zero-order valence-corrected chi connectivity index (χ0v) is 14.3. The molecule has 0 atom stereocenters. The zero-order valence-electron chi connectivity index (χ0n) is 14.3. The molecule has 0 aromatic rings. The average Bonchev–Trinajstić information content (AvgIpc) is 2.51. The molecule has 2 saturated heterocycles. The molecule has 0 aromatic carbocycles. The normalized spacial score (nSPS) is 23.4. The number of rotatable bonds is 5. The van der Waals surface area contributed by atoms with Gasteiger partial charge in [-0.15, -0.1) is 0 Å². The summed E-state index contributed by atoms with van der Waals surface area (Å²) < 4.78 is 6.17. The van der Waals surface area contributed by atoms with E-state index in [4.69, 9.17) is 4.74 Å². The van der Waals surface area contributed by atoms with Crippen LogP contribution in [-0.4, -0.2) is 61.3 Å². The van der Waals surface area contributed by atoms with E-state index < -0.39 is 0 Å². The van der Waals surface area contributed by atoms with Crippen molar-refractivity contribution < 1.29 is 4.74 Å². The second kappa shape index (κ2) is 9.75. The van der Waals surface area contributed by atoms with Crippen LogP contribution in [0.5, 0.6) is 0 Å². The number of hydrogen-bond donors (Lipinski definition) is 0. The van der Waals surface area contributed by atoms with Crippen molar-refractivity contribution in [3.8, 4) is 0 Å². The molecule has 2 heterocycles. The Morgan fingerprint density at radius 3 is 2.25 bits per heavy atom. The Bertz CT molecular complexity index is 237. The van der Waals surface area contributed by atoms with Crippen molar-refractivity contribution in [2.75, 3.05) is 45.9 Å². The monoisotopic (exact) mass is 284 g/mol. The third kappa shape index (κ3) is 5.34. The van der Waals surface area contributed by atoms with E-state index in [9.17, 15) is 0 Å². The first-order valence-corrected chi connectivity index (χ1v) is 8.87. The molecule has 1 spiro atoms. The fourth-order valence-corrected chi connectivity index (χ4v) is 3.28. The lowest BCUT2D eigenvalue weighted by molar-refractivity contribution is -0.135. The molecular formula is C17H36N2O. The number of nitrogens with zero attached hydrogens (tertiary/aromatic N) is 2. The van der Waals surface area contributed by atoms with Gasteiger partial charge in [0, 0.05) is 26.2 Å². The largest absolute Gasteiger partial charge is 0.372 e. The lowest BCUT2D eigenvalue weighted by Gasteiger charge is -2.47. The molecule has 0 bridgehead atoms. The number of hydrogen-bond acceptors (Lipinski definition) is 3. The Kier molecular flexibility index (Phi) is 8.74. The van der Waals surface area contributed by atoms with E-state index in [1.54, 1.807) is 0 Å². The maximum atomic E-state index is 6.17. The fraction of sp³-hybridized carbons (Fsp3) is 1.00. The molecule has 0 saturated carbocycles. The zero-order chi connectivity index (χ0) is 14.8. The van der Waals surface area contributed by atoms with Gasteiger partial charge in [0.25, 0.3) is 0 Å². The molecular weight excluding hydrogens is 248 g/mol. The Morgan fingerprint density at radius 1 is 0.950 bits per heavy atom. The van der Waals surface area contributed by atoms with Crippen LogP contribution in [0.4, 0.5) is 0 Å². The molecule has 3 heteroatoms. The van der Waals surface area contributed by atoms with Gasteiger partial charge in [0.1, 0.15) is 0 Å². The molecule has 20 heavy (non-hydrogen) atoms. The van der Waals surface area contributed by atoms with Crippen LogP contribution in [0, 0.1) is 0 Å². The van der Waals surface area contributed by atoms with E-state index in [0.29, 0.717) is 0 Å². The highest BCUT2D eigenvalue weighted by atomic mass is 16.5. The second-order valence-electron chi connectivity index (χ2n) is 5.95. The SMILES string of the molecule is CC.CCCCCN1CCOC2(CCN(CC)CC2)C1. The summed E-state index contributed by atoms with van der Waals surface area (Å²) in [6, 6.07) is 0. The molecule has 0 amide bonds. The maximum Gasteiger partial charge on any atom is 0.0833 e. The van der Waals surface area contributed by atoms with Gasteiger partial charge in [-0.3, -0.25) is 4.90 Å². The molecule has 0 aromatic heterocycles. The quantitative estimate of drug-likeness (QED) is 0.720. The number of morpholine rings is 1. The van der Waals surface area contributed by atoms with Crippen LogP contribution < -0.4 is 0 Å². The van der Waals surface area contributed by atoms with E-state index in [2.05, 4.69) is 23.6 Å². The molecule has 2 aliphatic heterocycles. The minimum Gasteiger partial charge on any atom is -0.372 e. The van der Waals surface area contributed by atoms with Crippen molar-refractivity contribution in [1.29, 1.82) is 0 Å². The molecule has 0 aliphatic carbocycles. The van der Waals surface area contributed by atoms with Crippen molar-refractivity contribution in [3.05, 3.63) is 0 Å². The summed E-state index contributed by atoms with van der Waals surface area (Å²) in [5, 5.41) is 0. The van der Waals surface area contributed by atoms with Crippen molar-refractivity contribution in [2.45, 2.75) is 65.4 Å². The second-order valence-corrected chi connectivity index (χ2v) is 5.95. The third-order valence-electron chi connectivity index (χ3n) is 4.62. The standard InChI is InChI=1S/C15H30N2O.C2H6/c1-3-5-6-9-17-12-13-18-15(14-17)7-10-16(4-2)11-8-15;1-2/h3-14H2,1-2H3;1-2H3.